The second-order valence-electron chi connectivity index (χ2n) is 10.4. The molecule has 10 aliphatic heterocycles. The van der Waals surface area contributed by atoms with E-state index in [1.54, 1.807) is 0 Å². The van der Waals surface area contributed by atoms with Crippen LogP contribution in [0.25, 0.3) is 0 Å². The number of rotatable bonds is 1. The van der Waals surface area contributed by atoms with E-state index in [1.807, 2.05) is 146 Å². The van der Waals surface area contributed by atoms with Crippen molar-refractivity contribution >= 4 is 0 Å². The first-order chi connectivity index (χ1) is 22.0. The maximum absolute atomic E-state index is 11.6. The van der Waals surface area contributed by atoms with Gasteiger partial charge in [0.1, 0.15) is 63.1 Å². The molecular formula is C39H28O6. The zero-order chi connectivity index (χ0) is 30.6. The third-order valence-corrected chi connectivity index (χ3v) is 7.36. The second-order valence-corrected chi connectivity index (χ2v) is 10.4. The van der Waals surface area contributed by atoms with E-state index in [1.165, 1.54) is 6.08 Å². The fourth-order valence-corrected chi connectivity index (χ4v) is 4.94. The summed E-state index contributed by atoms with van der Waals surface area (Å²) in [7, 11) is 0. The lowest BCUT2D eigenvalue weighted by atomic mass is 9.86. The highest BCUT2D eigenvalue weighted by atomic mass is 16.5. The van der Waals surface area contributed by atoms with Crippen molar-refractivity contribution in [1.29, 1.82) is 0 Å². The summed E-state index contributed by atoms with van der Waals surface area (Å²) in [6.45, 7) is 3.91. The molecule has 0 amide bonds. The smallest absolute Gasteiger partial charge is 0.133 e. The molecule has 10 heterocycles. The molecule has 10 aliphatic rings. The molecule has 16 rings (SSSR count). The Kier molecular flexibility index (Phi) is 7.39. The van der Waals surface area contributed by atoms with E-state index in [2.05, 4.69) is 6.58 Å². The Morgan fingerprint density at radius 1 is 0.333 bits per heavy atom. The van der Waals surface area contributed by atoms with Gasteiger partial charge in [0.05, 0.1) is 0 Å². The molecule has 0 radical (unpaired) electrons. The van der Waals surface area contributed by atoms with Gasteiger partial charge in [-0.3, -0.25) is 0 Å². The average molecular weight is 593 g/mol. The fourth-order valence-electron chi connectivity index (χ4n) is 4.94. The summed E-state index contributed by atoms with van der Waals surface area (Å²) in [4.78, 5) is 0. The molecule has 0 saturated heterocycles. The molecule has 0 atom stereocenters. The first kappa shape index (κ1) is 27.8. The Hall–Kier alpha value is -5.98. The van der Waals surface area contributed by atoms with Gasteiger partial charge in [-0.25, -0.2) is 0 Å². The van der Waals surface area contributed by atoms with Crippen molar-refractivity contribution in [3.05, 3.63) is 169 Å². The van der Waals surface area contributed by atoms with E-state index in [0.29, 0.717) is 68.6 Å². The van der Waals surface area contributed by atoms with E-state index in [-0.39, 0.29) is 0 Å². The summed E-state index contributed by atoms with van der Waals surface area (Å²) < 4.78 is 30.1. The molecule has 0 aliphatic carbocycles. The van der Waals surface area contributed by atoms with Gasteiger partial charge in [-0.1, -0.05) is 36.9 Å². The lowest BCUT2D eigenvalue weighted by Gasteiger charge is -2.26. The van der Waals surface area contributed by atoms with Crippen molar-refractivity contribution in [2.45, 2.75) is 5.60 Å². The first-order valence-corrected chi connectivity index (χ1v) is 14.4. The number of benzene rings is 6. The Morgan fingerprint density at radius 2 is 0.489 bits per heavy atom. The molecule has 45 heavy (non-hydrogen) atoms. The molecular weight excluding hydrogens is 564 g/mol. The third-order valence-electron chi connectivity index (χ3n) is 7.36. The summed E-state index contributed by atoms with van der Waals surface area (Å²) in [6, 6.07) is 44.1. The minimum absolute atomic E-state index is 0.629. The first-order valence-electron chi connectivity index (χ1n) is 14.4. The van der Waals surface area contributed by atoms with E-state index in [9.17, 15) is 5.11 Å². The molecule has 6 aromatic rings. The topological polar surface area (TPSA) is 66.4 Å². The minimum atomic E-state index is -1.40. The monoisotopic (exact) mass is 592 g/mol. The van der Waals surface area contributed by atoms with Gasteiger partial charge in [-0.2, -0.15) is 0 Å². The van der Waals surface area contributed by atoms with Crippen LogP contribution in [0.15, 0.2) is 158 Å². The van der Waals surface area contributed by atoms with Crippen LogP contribution in [-0.2, 0) is 5.60 Å². The van der Waals surface area contributed by atoms with Gasteiger partial charge < -0.3 is 28.8 Å². The van der Waals surface area contributed by atoms with Gasteiger partial charge in [-0.15, -0.1) is 0 Å². The van der Waals surface area contributed by atoms with Crippen LogP contribution in [0.5, 0.6) is 57.5 Å². The normalized spacial score (nSPS) is 13.3. The Balaban J connectivity index is 1.18. The number of hydrogen-bond donors (Lipinski definition) is 1. The van der Waals surface area contributed by atoms with Crippen LogP contribution in [0, 0.1) is 0 Å². The van der Waals surface area contributed by atoms with Crippen LogP contribution < -0.4 is 23.7 Å². The summed E-state index contributed by atoms with van der Waals surface area (Å²) in [6.07, 6.45) is 1.52. The van der Waals surface area contributed by atoms with E-state index < -0.39 is 5.60 Å². The predicted molar refractivity (Wildman–Crippen MR) is 172 cm³/mol. The van der Waals surface area contributed by atoms with Gasteiger partial charge in [0.25, 0.3) is 0 Å². The molecule has 220 valence electrons. The molecule has 0 unspecified atom stereocenters. The number of ether oxygens (including phenoxy) is 5. The molecule has 1 N–H and O–H groups in total. The van der Waals surface area contributed by atoms with Gasteiger partial charge in [0.2, 0.25) is 0 Å². The van der Waals surface area contributed by atoms with Crippen LogP contribution >= 0.6 is 0 Å². The lowest BCUT2D eigenvalue weighted by molar-refractivity contribution is 0.135. The second kappa shape index (κ2) is 12.0. The quantitative estimate of drug-likeness (QED) is 0.192. The highest BCUT2D eigenvalue weighted by Crippen LogP contribution is 2.36. The van der Waals surface area contributed by atoms with Crippen molar-refractivity contribution in [1.82, 2.24) is 0 Å². The summed E-state index contributed by atoms with van der Waals surface area (Å²) >= 11 is 0. The fraction of sp³-hybridized carbons (Fsp3) is 0.0256. The van der Waals surface area contributed by atoms with Crippen molar-refractivity contribution < 1.29 is 28.8 Å². The molecule has 6 heteroatoms. The summed E-state index contributed by atoms with van der Waals surface area (Å²) in [5.41, 5.74) is -0.0925. The molecule has 0 fully saturated rings. The molecule has 0 aromatic heterocycles. The standard InChI is InChI=1S/C39H28O6/c1-2-39(40)27-3-7-29(8-4-27)41-31-11-15-33(16-12-31)43-35-19-23-37(24-20-35)45-38-25-21-36(22-26-38)44-34-17-13-32(14-18-34)42-30-9-5-28(39)6-10-30/h2-26,40H,1H2. The molecule has 6 aromatic carbocycles. The van der Waals surface area contributed by atoms with E-state index >= 15 is 0 Å². The highest BCUT2D eigenvalue weighted by Gasteiger charge is 2.28. The van der Waals surface area contributed by atoms with Gasteiger partial charge in [0.15, 0.2) is 0 Å². The average Bonchev–Trinajstić information content (AvgIpc) is 3.08. The Morgan fingerprint density at radius 3 is 0.644 bits per heavy atom. The predicted octanol–water partition coefficient (Wildman–Crippen LogP) is 10.4. The summed E-state index contributed by atoms with van der Waals surface area (Å²) in [5, 5.41) is 11.6. The largest absolute Gasteiger partial charge is 0.457 e. The van der Waals surface area contributed by atoms with Gasteiger partial charge >= 0.3 is 0 Å². The zero-order valence-electron chi connectivity index (χ0n) is 24.1. The van der Waals surface area contributed by atoms with Crippen LogP contribution in [0.4, 0.5) is 0 Å². The summed E-state index contributed by atoms with van der Waals surface area (Å²) in [5.74, 6) is 6.62. The Bertz CT molecular complexity index is 1760. The molecule has 12 bridgehead atoms. The van der Waals surface area contributed by atoms with Crippen molar-refractivity contribution in [3.63, 3.8) is 0 Å². The third kappa shape index (κ3) is 6.22. The van der Waals surface area contributed by atoms with Crippen molar-refractivity contribution in [2.75, 3.05) is 0 Å². The molecule has 0 saturated carbocycles. The maximum atomic E-state index is 11.6. The molecule has 0 spiro atoms. The van der Waals surface area contributed by atoms with Crippen molar-refractivity contribution in [3.8, 4) is 57.5 Å². The number of hydrogen-bond acceptors (Lipinski definition) is 6. The number of aliphatic hydroxyl groups is 1. The maximum Gasteiger partial charge on any atom is 0.133 e. The van der Waals surface area contributed by atoms with Crippen molar-refractivity contribution in [2.24, 2.45) is 0 Å². The molecule has 6 nitrogen and oxygen atoms in total. The SMILES string of the molecule is C=CC1(O)c2ccc(cc2)Oc2ccc(cc2)Oc2ccc(cc2)Oc2ccc(cc2)Oc2ccc(cc2)Oc2ccc1cc2. The van der Waals surface area contributed by atoms with Crippen LogP contribution in [-0.4, -0.2) is 5.11 Å². The van der Waals surface area contributed by atoms with Gasteiger partial charge in [-0.05, 0) is 132 Å². The van der Waals surface area contributed by atoms with Gasteiger partial charge in [0, 0.05) is 0 Å². The van der Waals surface area contributed by atoms with Crippen LogP contribution in [0.1, 0.15) is 11.1 Å². The van der Waals surface area contributed by atoms with Crippen LogP contribution in [0.2, 0.25) is 0 Å². The lowest BCUT2D eigenvalue weighted by Crippen LogP contribution is -2.24. The minimum Gasteiger partial charge on any atom is -0.457 e. The van der Waals surface area contributed by atoms with Crippen LogP contribution in [0.3, 0.4) is 0 Å². The van der Waals surface area contributed by atoms with E-state index in [0.717, 1.165) is 0 Å². The highest BCUT2D eigenvalue weighted by molar-refractivity contribution is 5.47. The zero-order valence-corrected chi connectivity index (χ0v) is 24.1. The van der Waals surface area contributed by atoms with E-state index in [4.69, 9.17) is 23.7 Å². The Labute approximate surface area is 260 Å².